The predicted octanol–water partition coefficient (Wildman–Crippen LogP) is 4.59. The van der Waals surface area contributed by atoms with Crippen molar-refractivity contribution < 1.29 is 19.1 Å². The van der Waals surface area contributed by atoms with Gasteiger partial charge in [-0.3, -0.25) is 14.4 Å². The van der Waals surface area contributed by atoms with Gasteiger partial charge in [-0.25, -0.2) is 0 Å². The minimum atomic E-state index is -0.942. The molecular weight excluding hydrogens is 564 g/mol. The Hall–Kier alpha value is -4.17. The Bertz CT molecular complexity index is 1510. The van der Waals surface area contributed by atoms with Crippen LogP contribution in [-0.4, -0.2) is 86.5 Å². The number of hydrogen-bond donors (Lipinski definition) is 1. The van der Waals surface area contributed by atoms with Crippen LogP contribution in [0.3, 0.4) is 0 Å². The standard InChI is InChI=1S/C37H44N4O4/c1-3-45-36(44)37(27-11-5-4-6-12-27)20-17-30(29-13-7-9-15-32(29)37)35(43)41-21-18-28(19-22-41)38-34(42)31-14-8-10-16-33(31)40-25-23-39(2)24-26-40/h4-16,28,30H,3,17-26H2,1-2H3,(H,38,42)/t30-,37+/m1/s1. The second-order valence-electron chi connectivity index (χ2n) is 12.6. The van der Waals surface area contributed by atoms with Crippen molar-refractivity contribution in [3.05, 3.63) is 101 Å². The third-order valence-corrected chi connectivity index (χ3v) is 9.93. The van der Waals surface area contributed by atoms with Gasteiger partial charge in [-0.05, 0) is 68.5 Å². The molecule has 1 N–H and O–H groups in total. The topological polar surface area (TPSA) is 82.2 Å². The second kappa shape index (κ2) is 13.4. The molecule has 8 nitrogen and oxygen atoms in total. The fourth-order valence-corrected chi connectivity index (χ4v) is 7.42. The number of carbonyl (C=O) groups excluding carboxylic acids is 3. The fourth-order valence-electron chi connectivity index (χ4n) is 7.42. The molecule has 1 aliphatic carbocycles. The molecule has 2 saturated heterocycles. The molecule has 0 aromatic heterocycles. The molecule has 2 fully saturated rings. The average molecular weight is 609 g/mol. The van der Waals surface area contributed by atoms with E-state index in [0.29, 0.717) is 50.9 Å². The number of anilines is 1. The summed E-state index contributed by atoms with van der Waals surface area (Å²) >= 11 is 0. The first-order valence-corrected chi connectivity index (χ1v) is 16.4. The highest BCUT2D eigenvalue weighted by atomic mass is 16.5. The first-order valence-electron chi connectivity index (χ1n) is 16.4. The SMILES string of the molecule is CCOC(=O)[C@]1(c2ccccc2)CC[C@@H](C(=O)N2CCC(NC(=O)c3ccccc3N3CCN(C)CC3)CC2)c2ccccc21. The lowest BCUT2D eigenvalue weighted by atomic mass is 9.63. The first-order chi connectivity index (χ1) is 21.9. The molecule has 236 valence electrons. The first kappa shape index (κ1) is 30.8. The number of para-hydroxylation sites is 1. The molecule has 3 aliphatic rings. The normalized spacial score (nSPS) is 22.4. The molecule has 3 aromatic carbocycles. The van der Waals surface area contributed by atoms with Gasteiger partial charge >= 0.3 is 5.97 Å². The number of hydrogen-bond acceptors (Lipinski definition) is 6. The summed E-state index contributed by atoms with van der Waals surface area (Å²) in [6.07, 6.45) is 2.48. The van der Waals surface area contributed by atoms with E-state index in [9.17, 15) is 14.4 Å². The number of piperidine rings is 1. The van der Waals surface area contributed by atoms with E-state index in [1.165, 1.54) is 0 Å². The summed E-state index contributed by atoms with van der Waals surface area (Å²) in [5.41, 5.74) is 3.42. The summed E-state index contributed by atoms with van der Waals surface area (Å²) < 4.78 is 5.66. The summed E-state index contributed by atoms with van der Waals surface area (Å²) in [4.78, 5) is 47.7. The van der Waals surface area contributed by atoms with Gasteiger partial charge in [0, 0.05) is 51.0 Å². The molecule has 2 heterocycles. The lowest BCUT2D eigenvalue weighted by Gasteiger charge is -2.42. The largest absolute Gasteiger partial charge is 0.465 e. The molecule has 8 heteroatoms. The number of rotatable bonds is 7. The fraction of sp³-hybridized carbons (Fsp3) is 0.432. The van der Waals surface area contributed by atoms with E-state index in [4.69, 9.17) is 4.74 Å². The average Bonchev–Trinajstić information content (AvgIpc) is 3.08. The van der Waals surface area contributed by atoms with E-state index < -0.39 is 5.41 Å². The van der Waals surface area contributed by atoms with Crippen LogP contribution in [0.15, 0.2) is 78.9 Å². The molecular formula is C37H44N4O4. The molecule has 2 amide bonds. The zero-order chi connectivity index (χ0) is 31.4. The number of likely N-dealkylation sites (N-methyl/N-ethyl adjacent to an activating group) is 1. The van der Waals surface area contributed by atoms with Gasteiger partial charge in [0.25, 0.3) is 5.91 Å². The molecule has 6 rings (SSSR count). The van der Waals surface area contributed by atoms with Crippen LogP contribution in [0.1, 0.15) is 65.6 Å². The zero-order valence-electron chi connectivity index (χ0n) is 26.4. The van der Waals surface area contributed by atoms with E-state index in [1.54, 1.807) is 0 Å². The predicted molar refractivity (Wildman–Crippen MR) is 175 cm³/mol. The molecule has 0 saturated carbocycles. The van der Waals surface area contributed by atoms with Crippen molar-refractivity contribution in [2.45, 2.75) is 50.0 Å². The summed E-state index contributed by atoms with van der Waals surface area (Å²) in [5, 5.41) is 3.27. The Morgan fingerprint density at radius 3 is 2.22 bits per heavy atom. The molecule has 45 heavy (non-hydrogen) atoms. The number of piperazine rings is 1. The van der Waals surface area contributed by atoms with Crippen molar-refractivity contribution in [2.75, 3.05) is 57.8 Å². The van der Waals surface area contributed by atoms with Crippen LogP contribution in [0.5, 0.6) is 0 Å². The quantitative estimate of drug-likeness (QED) is 0.396. The maximum Gasteiger partial charge on any atom is 0.321 e. The van der Waals surface area contributed by atoms with Crippen molar-refractivity contribution in [1.82, 2.24) is 15.1 Å². The molecule has 2 aliphatic heterocycles. The van der Waals surface area contributed by atoms with Crippen LogP contribution >= 0.6 is 0 Å². The number of likely N-dealkylation sites (tertiary alicyclic amines) is 1. The van der Waals surface area contributed by atoms with Gasteiger partial charge in [-0.15, -0.1) is 0 Å². The maximum absolute atomic E-state index is 14.1. The van der Waals surface area contributed by atoms with E-state index in [-0.39, 0.29) is 29.7 Å². The Kier molecular flexibility index (Phi) is 9.21. The van der Waals surface area contributed by atoms with Crippen LogP contribution in [0.4, 0.5) is 5.69 Å². The van der Waals surface area contributed by atoms with Gasteiger partial charge in [0.05, 0.1) is 18.1 Å². The monoisotopic (exact) mass is 608 g/mol. The number of carbonyl (C=O) groups is 3. The van der Waals surface area contributed by atoms with Crippen molar-refractivity contribution in [3.8, 4) is 0 Å². The van der Waals surface area contributed by atoms with Crippen LogP contribution in [0.2, 0.25) is 0 Å². The lowest BCUT2D eigenvalue weighted by molar-refractivity contribution is -0.149. The number of amides is 2. The highest BCUT2D eigenvalue weighted by Crippen LogP contribution is 2.48. The summed E-state index contributed by atoms with van der Waals surface area (Å²) in [6.45, 7) is 7.05. The van der Waals surface area contributed by atoms with E-state index in [0.717, 1.165) is 48.6 Å². The van der Waals surface area contributed by atoms with E-state index >= 15 is 0 Å². The van der Waals surface area contributed by atoms with Crippen LogP contribution in [0, 0.1) is 0 Å². The number of nitrogens with zero attached hydrogens (tertiary/aromatic N) is 3. The minimum absolute atomic E-state index is 0.00952. The van der Waals surface area contributed by atoms with Gasteiger partial charge in [0.1, 0.15) is 5.41 Å². The Labute approximate surface area is 266 Å². The van der Waals surface area contributed by atoms with Gasteiger partial charge < -0.3 is 24.8 Å². The molecule has 0 bridgehead atoms. The molecule has 0 unspecified atom stereocenters. The molecule has 2 atom stereocenters. The number of esters is 1. The number of benzene rings is 3. The smallest absolute Gasteiger partial charge is 0.321 e. The van der Waals surface area contributed by atoms with Crippen LogP contribution in [0.25, 0.3) is 0 Å². The van der Waals surface area contributed by atoms with Gasteiger partial charge in [-0.1, -0.05) is 66.7 Å². The summed E-state index contributed by atoms with van der Waals surface area (Å²) in [6, 6.07) is 25.6. The van der Waals surface area contributed by atoms with E-state index in [1.807, 2.05) is 90.7 Å². The second-order valence-corrected chi connectivity index (χ2v) is 12.6. The summed E-state index contributed by atoms with van der Waals surface area (Å²) in [7, 11) is 2.13. The molecule has 3 aromatic rings. The molecule has 0 radical (unpaired) electrons. The Morgan fingerprint density at radius 2 is 1.49 bits per heavy atom. The van der Waals surface area contributed by atoms with Crippen molar-refractivity contribution >= 4 is 23.5 Å². The van der Waals surface area contributed by atoms with Crippen molar-refractivity contribution in [1.29, 1.82) is 0 Å². The maximum atomic E-state index is 14.1. The third-order valence-electron chi connectivity index (χ3n) is 9.93. The number of nitrogens with one attached hydrogen (secondary N) is 1. The minimum Gasteiger partial charge on any atom is -0.465 e. The lowest BCUT2D eigenvalue weighted by Crippen LogP contribution is -2.49. The third kappa shape index (κ3) is 6.08. The van der Waals surface area contributed by atoms with Gasteiger partial charge in [0.2, 0.25) is 5.91 Å². The molecule has 0 spiro atoms. The number of ether oxygens (including phenoxy) is 1. The van der Waals surface area contributed by atoms with Crippen LogP contribution < -0.4 is 10.2 Å². The Morgan fingerprint density at radius 1 is 0.822 bits per heavy atom. The highest BCUT2D eigenvalue weighted by molar-refractivity contribution is 6.00. The van der Waals surface area contributed by atoms with Crippen molar-refractivity contribution in [3.63, 3.8) is 0 Å². The highest BCUT2D eigenvalue weighted by Gasteiger charge is 2.50. The van der Waals surface area contributed by atoms with Gasteiger partial charge in [0.15, 0.2) is 0 Å². The zero-order valence-corrected chi connectivity index (χ0v) is 26.4. The van der Waals surface area contributed by atoms with E-state index in [2.05, 4.69) is 22.2 Å². The summed E-state index contributed by atoms with van der Waals surface area (Å²) in [5.74, 6) is -0.542. The van der Waals surface area contributed by atoms with Gasteiger partial charge in [-0.2, -0.15) is 0 Å². The number of fused-ring (bicyclic) bond motifs is 1. The Balaban J connectivity index is 1.14. The van der Waals surface area contributed by atoms with Crippen LogP contribution in [-0.2, 0) is 19.7 Å². The van der Waals surface area contributed by atoms with Crippen molar-refractivity contribution in [2.24, 2.45) is 0 Å².